The molecule has 9 N–H and O–H groups in total. The van der Waals surface area contributed by atoms with Crippen LogP contribution in [0.15, 0.2) is 35.3 Å². The number of rotatable bonds is 7. The van der Waals surface area contributed by atoms with Crippen LogP contribution in [0.25, 0.3) is 5.70 Å². The van der Waals surface area contributed by atoms with Gasteiger partial charge in [0, 0.05) is 11.9 Å². The molecule has 1 heterocycles. The number of aromatic amines is 1. The Bertz CT molecular complexity index is 952. The summed E-state index contributed by atoms with van der Waals surface area (Å²) >= 11 is 5.95. The number of aliphatic imine (C=N–C) groups is 1. The number of nitrogens with two attached hydrogens (primary N) is 2. The molecule has 0 aliphatic carbocycles. The van der Waals surface area contributed by atoms with Crippen LogP contribution in [0.5, 0.6) is 0 Å². The van der Waals surface area contributed by atoms with E-state index in [0.29, 0.717) is 16.8 Å². The van der Waals surface area contributed by atoms with Crippen LogP contribution in [0.3, 0.4) is 0 Å². The fourth-order valence-electron chi connectivity index (χ4n) is 2.03. The van der Waals surface area contributed by atoms with E-state index in [4.69, 9.17) is 32.8 Å². The SMILES string of the molecule is CC.CN.N#Cc1ccc(/C(N)=C/C=NCC(O)NC(=O)c2cc(C(O)O)[nH]n2)cc1Cl. The van der Waals surface area contributed by atoms with Crippen molar-refractivity contribution in [2.45, 2.75) is 26.4 Å². The van der Waals surface area contributed by atoms with E-state index in [1.807, 2.05) is 19.9 Å². The number of aliphatic hydroxyl groups is 3. The van der Waals surface area contributed by atoms with Crippen molar-refractivity contribution < 1.29 is 20.1 Å². The molecule has 12 heteroatoms. The van der Waals surface area contributed by atoms with Gasteiger partial charge in [-0.2, -0.15) is 10.4 Å². The van der Waals surface area contributed by atoms with Crippen molar-refractivity contribution in [2.75, 3.05) is 13.6 Å². The van der Waals surface area contributed by atoms with E-state index in [1.165, 1.54) is 19.3 Å². The highest BCUT2D eigenvalue weighted by Crippen LogP contribution is 2.19. The molecule has 0 aliphatic rings. The van der Waals surface area contributed by atoms with E-state index in [-0.39, 0.29) is 23.0 Å². The minimum atomic E-state index is -1.79. The normalized spacial score (nSPS) is 11.7. The van der Waals surface area contributed by atoms with Crippen molar-refractivity contribution in [3.05, 3.63) is 57.9 Å². The van der Waals surface area contributed by atoms with Gasteiger partial charge in [0.2, 0.25) is 0 Å². The third kappa shape index (κ3) is 9.25. The fraction of sp³-hybridized carbons (Fsp3) is 0.300. The number of nitrogens with one attached hydrogen (secondary N) is 2. The largest absolute Gasteiger partial charge is 0.398 e. The molecule has 32 heavy (non-hydrogen) atoms. The lowest BCUT2D eigenvalue weighted by Crippen LogP contribution is -2.36. The number of nitriles is 1. The van der Waals surface area contributed by atoms with Crippen molar-refractivity contribution in [3.63, 3.8) is 0 Å². The average molecular weight is 466 g/mol. The lowest BCUT2D eigenvalue weighted by Gasteiger charge is -2.08. The average Bonchev–Trinajstić information content (AvgIpc) is 3.30. The third-order valence-electron chi connectivity index (χ3n) is 3.47. The molecule has 1 amide bonds. The number of carbonyl (C=O) groups excluding carboxylic acids is 1. The van der Waals surface area contributed by atoms with Crippen LogP contribution in [0.1, 0.15) is 47.4 Å². The molecule has 0 saturated carbocycles. The molecule has 0 aliphatic heterocycles. The standard InChI is InChI=1S/C17H17ClN6O4.C2H6.CH5N/c18-11-5-9(1-2-10(11)7-19)12(20)3-4-21-8-15(25)22-16(26)13-6-14(17(27)28)24-23-13;2*1-2/h1-6,15,17,25,27-28H,8,20H2,(H,22,26)(H,23,24);1-2H3;2H2,1H3/b12-3-,21-4?;;. The number of halogens is 1. The molecule has 11 nitrogen and oxygen atoms in total. The van der Waals surface area contributed by atoms with Crippen molar-refractivity contribution in [1.82, 2.24) is 15.5 Å². The molecule has 1 atom stereocenters. The molecular weight excluding hydrogens is 438 g/mol. The van der Waals surface area contributed by atoms with Gasteiger partial charge in [0.15, 0.2) is 6.29 Å². The molecule has 2 rings (SSSR count). The molecule has 1 unspecified atom stereocenters. The number of aliphatic hydroxyl groups excluding tert-OH is 2. The molecular formula is C20H28ClN7O4. The maximum Gasteiger partial charge on any atom is 0.273 e. The Kier molecular flexibility index (Phi) is 13.9. The summed E-state index contributed by atoms with van der Waals surface area (Å²) < 4.78 is 0. The van der Waals surface area contributed by atoms with E-state index < -0.39 is 18.4 Å². The zero-order chi connectivity index (χ0) is 24.7. The van der Waals surface area contributed by atoms with Gasteiger partial charge in [0.1, 0.15) is 18.0 Å². The molecule has 0 bridgehead atoms. The summed E-state index contributed by atoms with van der Waals surface area (Å²) in [6.07, 6.45) is -0.241. The first-order valence-electron chi connectivity index (χ1n) is 9.45. The number of amides is 1. The Morgan fingerprint density at radius 1 is 1.34 bits per heavy atom. The van der Waals surface area contributed by atoms with E-state index in [0.717, 1.165) is 6.07 Å². The monoisotopic (exact) mass is 465 g/mol. The molecule has 174 valence electrons. The predicted octanol–water partition coefficient (Wildman–Crippen LogP) is 0.638. The number of H-pyrrole nitrogens is 1. The summed E-state index contributed by atoms with van der Waals surface area (Å²) in [5.74, 6) is -0.715. The predicted molar refractivity (Wildman–Crippen MR) is 122 cm³/mol. The lowest BCUT2D eigenvalue weighted by atomic mass is 10.1. The topological polar surface area (TPSA) is 207 Å². The summed E-state index contributed by atoms with van der Waals surface area (Å²) in [5, 5.41) is 45.0. The molecule has 0 saturated heterocycles. The Labute approximate surface area is 191 Å². The highest BCUT2D eigenvalue weighted by molar-refractivity contribution is 6.31. The lowest BCUT2D eigenvalue weighted by molar-refractivity contribution is -0.0458. The maximum absolute atomic E-state index is 11.9. The van der Waals surface area contributed by atoms with Crippen molar-refractivity contribution >= 4 is 29.4 Å². The number of nitrogens with zero attached hydrogens (tertiary/aromatic N) is 3. The van der Waals surface area contributed by atoms with Gasteiger partial charge in [-0.05, 0) is 36.9 Å². The second-order valence-electron chi connectivity index (χ2n) is 5.51. The number of carbonyl (C=O) groups is 1. The number of benzene rings is 1. The number of hydrogen-bond donors (Lipinski definition) is 7. The Balaban J connectivity index is 0.00000227. The number of aromatic nitrogens is 2. The molecule has 0 spiro atoms. The Morgan fingerprint density at radius 2 is 2.00 bits per heavy atom. The summed E-state index contributed by atoms with van der Waals surface area (Å²) in [6.45, 7) is 3.85. The second-order valence-corrected chi connectivity index (χ2v) is 5.92. The highest BCUT2D eigenvalue weighted by atomic mass is 35.5. The number of hydrogen-bond acceptors (Lipinski definition) is 9. The van der Waals surface area contributed by atoms with Crippen LogP contribution in [0.4, 0.5) is 0 Å². The van der Waals surface area contributed by atoms with Crippen LogP contribution in [0.2, 0.25) is 5.02 Å². The first-order valence-corrected chi connectivity index (χ1v) is 9.83. The minimum Gasteiger partial charge on any atom is -0.398 e. The Morgan fingerprint density at radius 3 is 2.53 bits per heavy atom. The van der Waals surface area contributed by atoms with Gasteiger partial charge < -0.3 is 32.1 Å². The van der Waals surface area contributed by atoms with Crippen molar-refractivity contribution in [3.8, 4) is 6.07 Å². The van der Waals surface area contributed by atoms with Gasteiger partial charge in [-0.3, -0.25) is 14.9 Å². The van der Waals surface area contributed by atoms with Crippen LogP contribution >= 0.6 is 11.6 Å². The maximum atomic E-state index is 11.9. The summed E-state index contributed by atoms with van der Waals surface area (Å²) in [7, 11) is 1.50. The molecule has 1 aromatic carbocycles. The third-order valence-corrected chi connectivity index (χ3v) is 3.78. The summed E-state index contributed by atoms with van der Waals surface area (Å²) in [4.78, 5) is 15.8. The zero-order valence-corrected chi connectivity index (χ0v) is 18.7. The quantitative estimate of drug-likeness (QED) is 0.227. The first-order chi connectivity index (χ1) is 15.3. The van der Waals surface area contributed by atoms with Gasteiger partial charge >= 0.3 is 0 Å². The summed E-state index contributed by atoms with van der Waals surface area (Å²) in [6, 6.07) is 7.83. The molecule has 1 aromatic heterocycles. The summed E-state index contributed by atoms with van der Waals surface area (Å²) in [5.41, 5.74) is 11.5. The minimum absolute atomic E-state index is 0.0545. The smallest absolute Gasteiger partial charge is 0.273 e. The zero-order valence-electron chi connectivity index (χ0n) is 18.0. The van der Waals surface area contributed by atoms with Gasteiger partial charge in [0.25, 0.3) is 5.91 Å². The first kappa shape index (κ1) is 28.7. The van der Waals surface area contributed by atoms with Crippen LogP contribution < -0.4 is 16.8 Å². The van der Waals surface area contributed by atoms with E-state index >= 15 is 0 Å². The van der Waals surface area contributed by atoms with E-state index in [1.54, 1.807) is 18.2 Å². The van der Waals surface area contributed by atoms with Gasteiger partial charge in [-0.25, -0.2) is 0 Å². The van der Waals surface area contributed by atoms with Gasteiger partial charge in [-0.15, -0.1) is 0 Å². The van der Waals surface area contributed by atoms with Gasteiger partial charge in [-0.1, -0.05) is 31.5 Å². The van der Waals surface area contributed by atoms with Crippen molar-refractivity contribution in [2.24, 2.45) is 16.5 Å². The molecule has 0 fully saturated rings. The fourth-order valence-corrected chi connectivity index (χ4v) is 2.25. The molecule has 0 radical (unpaired) electrons. The highest BCUT2D eigenvalue weighted by Gasteiger charge is 2.15. The van der Waals surface area contributed by atoms with Crippen LogP contribution in [-0.4, -0.2) is 57.5 Å². The molecule has 2 aromatic rings. The van der Waals surface area contributed by atoms with E-state index in [9.17, 15) is 9.90 Å². The van der Waals surface area contributed by atoms with Crippen molar-refractivity contribution in [1.29, 1.82) is 5.26 Å². The van der Waals surface area contributed by atoms with Crippen LogP contribution in [-0.2, 0) is 0 Å². The van der Waals surface area contributed by atoms with Crippen LogP contribution in [0, 0.1) is 11.3 Å². The Hall–Kier alpha value is -3.27. The second kappa shape index (κ2) is 15.5. The number of allylic oxidation sites excluding steroid dienone is 1. The van der Waals surface area contributed by atoms with E-state index in [2.05, 4.69) is 26.2 Å². The van der Waals surface area contributed by atoms with Gasteiger partial charge in [0.05, 0.1) is 22.8 Å².